The molecule has 90 valence electrons. The third-order valence-electron chi connectivity index (χ3n) is 2.84. The van der Waals surface area contributed by atoms with Crippen LogP contribution in [0.2, 0.25) is 0 Å². The molecule has 0 fully saturated rings. The van der Waals surface area contributed by atoms with Crippen LogP contribution in [-0.4, -0.2) is 27.3 Å². The molecule has 0 bridgehead atoms. The fourth-order valence-corrected chi connectivity index (χ4v) is 1.45. The Morgan fingerprint density at radius 2 is 2.00 bits per heavy atom. The molecular weight excluding hydrogens is 210 g/mol. The van der Waals surface area contributed by atoms with Crippen molar-refractivity contribution in [2.45, 2.75) is 32.2 Å². The van der Waals surface area contributed by atoms with Gasteiger partial charge in [0.1, 0.15) is 0 Å². The molecule has 1 rings (SSSR count). The van der Waals surface area contributed by atoms with E-state index in [0.29, 0.717) is 6.54 Å². The highest BCUT2D eigenvalue weighted by molar-refractivity contribution is 5.33. The molecular formula is C9H17N5O2. The van der Waals surface area contributed by atoms with Crippen molar-refractivity contribution in [3.05, 3.63) is 20.8 Å². The maximum absolute atomic E-state index is 11.4. The molecule has 0 saturated heterocycles. The van der Waals surface area contributed by atoms with Gasteiger partial charge in [-0.15, -0.1) is 5.10 Å². The largest absolute Gasteiger partial charge is 0.357 e. The van der Waals surface area contributed by atoms with Crippen molar-refractivity contribution in [1.82, 2.24) is 15.2 Å². The van der Waals surface area contributed by atoms with Crippen LogP contribution in [0.1, 0.15) is 26.7 Å². The standard InChI is InChI=1S/C9H17N5O2/c1-3-9(4-2,5-10)12-6-7(15)11-8(16)14-13-6/h3-5,10H2,1-2H3,(H,12,13)(H2,11,14,15,16). The zero-order valence-electron chi connectivity index (χ0n) is 9.46. The highest BCUT2D eigenvalue weighted by Gasteiger charge is 2.25. The topological polar surface area (TPSA) is 117 Å². The second-order valence-electron chi connectivity index (χ2n) is 3.67. The van der Waals surface area contributed by atoms with E-state index in [4.69, 9.17) is 5.73 Å². The van der Waals surface area contributed by atoms with Crippen molar-refractivity contribution in [1.29, 1.82) is 0 Å². The van der Waals surface area contributed by atoms with Crippen LogP contribution in [0.15, 0.2) is 9.59 Å². The molecule has 0 amide bonds. The van der Waals surface area contributed by atoms with Gasteiger partial charge in [-0.25, -0.2) is 9.89 Å². The first kappa shape index (κ1) is 12.4. The van der Waals surface area contributed by atoms with Crippen LogP contribution < -0.4 is 22.3 Å². The number of nitrogens with two attached hydrogens (primary N) is 1. The molecule has 5 N–H and O–H groups in total. The summed E-state index contributed by atoms with van der Waals surface area (Å²) in [5.74, 6) is 0.0914. The van der Waals surface area contributed by atoms with Crippen molar-refractivity contribution in [3.8, 4) is 0 Å². The Bertz CT molecular complexity index is 437. The van der Waals surface area contributed by atoms with Crippen molar-refractivity contribution >= 4 is 5.82 Å². The van der Waals surface area contributed by atoms with Crippen molar-refractivity contribution in [2.75, 3.05) is 11.9 Å². The number of aromatic amines is 2. The van der Waals surface area contributed by atoms with Gasteiger partial charge in [-0.05, 0) is 12.8 Å². The minimum Gasteiger partial charge on any atom is -0.357 e. The molecule has 1 heterocycles. The van der Waals surface area contributed by atoms with Gasteiger partial charge in [0.15, 0.2) is 0 Å². The summed E-state index contributed by atoms with van der Waals surface area (Å²) in [5.41, 5.74) is 4.16. The molecule has 0 aliphatic rings. The number of anilines is 1. The van der Waals surface area contributed by atoms with E-state index in [-0.39, 0.29) is 11.4 Å². The lowest BCUT2D eigenvalue weighted by molar-refractivity contribution is 0.442. The summed E-state index contributed by atoms with van der Waals surface area (Å²) in [5, 5.41) is 8.82. The van der Waals surface area contributed by atoms with E-state index >= 15 is 0 Å². The molecule has 0 aliphatic carbocycles. The second kappa shape index (κ2) is 4.93. The van der Waals surface area contributed by atoms with Gasteiger partial charge < -0.3 is 11.1 Å². The average Bonchev–Trinajstić information content (AvgIpc) is 2.29. The summed E-state index contributed by atoms with van der Waals surface area (Å²) < 4.78 is 0. The van der Waals surface area contributed by atoms with E-state index in [1.54, 1.807) is 0 Å². The smallest absolute Gasteiger partial charge is 0.342 e. The molecule has 16 heavy (non-hydrogen) atoms. The summed E-state index contributed by atoms with van der Waals surface area (Å²) in [6.45, 7) is 4.34. The van der Waals surface area contributed by atoms with Gasteiger partial charge in [-0.3, -0.25) is 9.78 Å². The summed E-state index contributed by atoms with van der Waals surface area (Å²) >= 11 is 0. The number of nitrogens with one attached hydrogen (secondary N) is 3. The lowest BCUT2D eigenvalue weighted by Gasteiger charge is -2.31. The van der Waals surface area contributed by atoms with E-state index < -0.39 is 11.2 Å². The Morgan fingerprint density at radius 1 is 1.38 bits per heavy atom. The normalized spacial score (nSPS) is 11.4. The van der Waals surface area contributed by atoms with Gasteiger partial charge in [0.2, 0.25) is 5.82 Å². The van der Waals surface area contributed by atoms with Crippen LogP contribution in [0.4, 0.5) is 5.82 Å². The van der Waals surface area contributed by atoms with Gasteiger partial charge in [0.05, 0.1) is 5.54 Å². The Balaban J connectivity index is 3.03. The number of H-pyrrole nitrogens is 2. The Morgan fingerprint density at radius 3 is 2.44 bits per heavy atom. The fourth-order valence-electron chi connectivity index (χ4n) is 1.45. The van der Waals surface area contributed by atoms with Crippen LogP contribution in [0, 0.1) is 0 Å². The zero-order valence-corrected chi connectivity index (χ0v) is 9.46. The van der Waals surface area contributed by atoms with Gasteiger partial charge in [0, 0.05) is 6.54 Å². The first-order valence-electron chi connectivity index (χ1n) is 5.24. The van der Waals surface area contributed by atoms with Gasteiger partial charge >= 0.3 is 5.69 Å². The lowest BCUT2D eigenvalue weighted by Crippen LogP contribution is -2.46. The number of rotatable bonds is 5. The van der Waals surface area contributed by atoms with Crippen molar-refractivity contribution in [2.24, 2.45) is 5.73 Å². The Kier molecular flexibility index (Phi) is 3.83. The van der Waals surface area contributed by atoms with Crippen LogP contribution in [0.5, 0.6) is 0 Å². The number of aromatic nitrogens is 3. The van der Waals surface area contributed by atoms with Gasteiger partial charge in [-0.1, -0.05) is 13.8 Å². The molecule has 7 nitrogen and oxygen atoms in total. The first-order chi connectivity index (χ1) is 7.56. The van der Waals surface area contributed by atoms with E-state index in [2.05, 4.69) is 20.5 Å². The number of hydrogen-bond acceptors (Lipinski definition) is 5. The van der Waals surface area contributed by atoms with Crippen LogP contribution in [0.3, 0.4) is 0 Å². The molecule has 0 unspecified atom stereocenters. The molecule has 7 heteroatoms. The molecule has 0 aliphatic heterocycles. The average molecular weight is 227 g/mol. The van der Waals surface area contributed by atoms with E-state index in [1.165, 1.54) is 0 Å². The predicted molar refractivity (Wildman–Crippen MR) is 61.5 cm³/mol. The maximum Gasteiger partial charge on any atom is 0.342 e. The molecule has 0 radical (unpaired) electrons. The molecule has 1 aromatic heterocycles. The quantitative estimate of drug-likeness (QED) is 0.535. The molecule has 1 aromatic rings. The predicted octanol–water partition coefficient (Wildman–Crippen LogP) is -0.612. The van der Waals surface area contributed by atoms with Crippen molar-refractivity contribution in [3.63, 3.8) is 0 Å². The first-order valence-corrected chi connectivity index (χ1v) is 5.24. The van der Waals surface area contributed by atoms with E-state index in [9.17, 15) is 9.59 Å². The lowest BCUT2D eigenvalue weighted by atomic mass is 9.93. The third kappa shape index (κ3) is 2.48. The van der Waals surface area contributed by atoms with Gasteiger partial charge in [-0.2, -0.15) is 0 Å². The summed E-state index contributed by atoms with van der Waals surface area (Å²) in [6.07, 6.45) is 1.53. The Hall–Kier alpha value is -1.63. The van der Waals surface area contributed by atoms with E-state index in [1.807, 2.05) is 13.8 Å². The summed E-state index contributed by atoms with van der Waals surface area (Å²) in [6, 6.07) is 0. The van der Waals surface area contributed by atoms with Crippen molar-refractivity contribution < 1.29 is 0 Å². The summed E-state index contributed by atoms with van der Waals surface area (Å²) in [7, 11) is 0. The van der Waals surface area contributed by atoms with Crippen LogP contribution >= 0.6 is 0 Å². The number of hydrogen-bond donors (Lipinski definition) is 4. The van der Waals surface area contributed by atoms with Crippen LogP contribution in [0.25, 0.3) is 0 Å². The molecule has 0 atom stereocenters. The highest BCUT2D eigenvalue weighted by atomic mass is 16.2. The van der Waals surface area contributed by atoms with E-state index in [0.717, 1.165) is 12.8 Å². The molecule has 0 aromatic carbocycles. The fraction of sp³-hybridized carbons (Fsp3) is 0.667. The van der Waals surface area contributed by atoms with Gasteiger partial charge in [0.25, 0.3) is 5.56 Å². The minimum atomic E-state index is -0.623. The zero-order chi connectivity index (χ0) is 12.2. The Labute approximate surface area is 92.5 Å². The third-order valence-corrected chi connectivity index (χ3v) is 2.84. The number of nitrogens with zero attached hydrogens (tertiary/aromatic N) is 1. The monoisotopic (exact) mass is 227 g/mol. The second-order valence-corrected chi connectivity index (χ2v) is 3.67. The maximum atomic E-state index is 11.4. The molecule has 0 spiro atoms. The minimum absolute atomic E-state index is 0.0914. The SMILES string of the molecule is CCC(CC)(CN)Nc1n[nH]c(=O)[nH]c1=O. The molecule has 0 saturated carbocycles. The highest BCUT2D eigenvalue weighted by Crippen LogP contribution is 2.17. The summed E-state index contributed by atoms with van der Waals surface area (Å²) in [4.78, 5) is 24.3. The van der Waals surface area contributed by atoms with Crippen LogP contribution in [-0.2, 0) is 0 Å².